The Morgan fingerprint density at radius 1 is 1.11 bits per heavy atom. The highest BCUT2D eigenvalue weighted by Crippen LogP contribution is 2.14. The van der Waals surface area contributed by atoms with Gasteiger partial charge < -0.3 is 5.32 Å². The van der Waals surface area contributed by atoms with Gasteiger partial charge in [0, 0.05) is 30.1 Å². The molecule has 1 fully saturated rings. The lowest BCUT2D eigenvalue weighted by molar-refractivity contribution is 0.0894. The molecule has 6 heteroatoms. The van der Waals surface area contributed by atoms with E-state index >= 15 is 0 Å². The molecule has 4 rings (SSSR count). The van der Waals surface area contributed by atoms with Crippen molar-refractivity contribution in [2.75, 3.05) is 13.1 Å². The van der Waals surface area contributed by atoms with E-state index in [0.29, 0.717) is 12.1 Å². The molecule has 1 aliphatic rings. The van der Waals surface area contributed by atoms with E-state index < -0.39 is 0 Å². The lowest BCUT2D eigenvalue weighted by Gasteiger charge is -2.32. The number of nitrogens with zero attached hydrogens (tertiary/aromatic N) is 3. The molecule has 0 saturated carbocycles. The minimum atomic E-state index is -0.0620. The summed E-state index contributed by atoms with van der Waals surface area (Å²) in [5, 5.41) is 9.01. The molecular weight excluding hydrogens is 352 g/mol. The van der Waals surface area contributed by atoms with Gasteiger partial charge in [0.2, 0.25) is 0 Å². The maximum Gasteiger partial charge on any atom is 0.275 e. The van der Waals surface area contributed by atoms with Gasteiger partial charge in [0.05, 0.1) is 18.3 Å². The fourth-order valence-electron chi connectivity index (χ4n) is 3.73. The summed E-state index contributed by atoms with van der Waals surface area (Å²) in [5.74, 6) is -0.0102. The van der Waals surface area contributed by atoms with Crippen LogP contribution in [0.1, 0.15) is 28.8 Å². The largest absolute Gasteiger partial charge is 0.349 e. The second kappa shape index (κ2) is 7.94. The summed E-state index contributed by atoms with van der Waals surface area (Å²) >= 11 is 0. The Kier molecular flexibility index (Phi) is 5.21. The van der Waals surface area contributed by atoms with Crippen LogP contribution in [0.2, 0.25) is 0 Å². The Labute approximate surface area is 163 Å². The summed E-state index contributed by atoms with van der Waals surface area (Å²) in [6, 6.07) is 15.3. The topological polar surface area (TPSA) is 67.2 Å². The van der Waals surface area contributed by atoms with Gasteiger partial charge in [-0.25, -0.2) is 4.68 Å². The summed E-state index contributed by atoms with van der Waals surface area (Å²) in [6.45, 7) is 4.06. The molecule has 6 nitrogen and oxygen atoms in total. The molecule has 1 N–H and O–H groups in total. The van der Waals surface area contributed by atoms with Gasteiger partial charge in [-0.2, -0.15) is 5.10 Å². The number of aromatic nitrogens is 2. The predicted molar refractivity (Wildman–Crippen MR) is 109 cm³/mol. The van der Waals surface area contributed by atoms with Crippen LogP contribution in [0.25, 0.3) is 10.8 Å². The first-order valence-electron chi connectivity index (χ1n) is 9.65. The number of carbonyl (C=O) groups excluding carboxylic acids is 1. The molecule has 2 heterocycles. The number of piperidine rings is 1. The van der Waals surface area contributed by atoms with Gasteiger partial charge in [0.1, 0.15) is 0 Å². The maximum absolute atomic E-state index is 12.6. The Morgan fingerprint density at radius 3 is 2.61 bits per heavy atom. The Balaban J connectivity index is 1.36. The normalized spacial score (nSPS) is 15.6. The number of amides is 1. The van der Waals surface area contributed by atoms with Crippen molar-refractivity contribution in [1.29, 1.82) is 0 Å². The molecule has 1 amide bonds. The van der Waals surface area contributed by atoms with E-state index in [2.05, 4.69) is 15.3 Å². The summed E-state index contributed by atoms with van der Waals surface area (Å²) < 4.78 is 1.52. The fraction of sp³-hybridized carbons (Fsp3) is 0.318. The van der Waals surface area contributed by atoms with Crippen LogP contribution in [0.5, 0.6) is 0 Å². The van der Waals surface area contributed by atoms with Crippen LogP contribution >= 0.6 is 0 Å². The van der Waals surface area contributed by atoms with E-state index in [4.69, 9.17) is 0 Å². The molecule has 1 saturated heterocycles. The van der Waals surface area contributed by atoms with Crippen molar-refractivity contribution in [2.24, 2.45) is 0 Å². The third-order valence-corrected chi connectivity index (χ3v) is 5.41. The molecule has 28 heavy (non-hydrogen) atoms. The molecule has 1 aromatic heterocycles. The molecule has 1 aliphatic heterocycles. The molecule has 0 bridgehead atoms. The minimum absolute atomic E-state index is 0.0102. The van der Waals surface area contributed by atoms with E-state index in [1.165, 1.54) is 4.68 Å². The second-order valence-electron chi connectivity index (χ2n) is 7.36. The number of fused-ring (bicyclic) bond motifs is 1. The number of aryl methyl sites for hydroxylation is 1. The average molecular weight is 376 g/mol. The number of hydrogen-bond donors (Lipinski definition) is 1. The summed E-state index contributed by atoms with van der Waals surface area (Å²) in [7, 11) is 0. The zero-order valence-corrected chi connectivity index (χ0v) is 16.0. The highest BCUT2D eigenvalue weighted by molar-refractivity contribution is 5.95. The summed E-state index contributed by atoms with van der Waals surface area (Å²) in [5.41, 5.74) is 1.66. The summed E-state index contributed by atoms with van der Waals surface area (Å²) in [4.78, 5) is 27.3. The van der Waals surface area contributed by atoms with E-state index in [9.17, 15) is 9.59 Å². The molecule has 2 aromatic carbocycles. The minimum Gasteiger partial charge on any atom is -0.349 e. The zero-order valence-electron chi connectivity index (χ0n) is 16.0. The van der Waals surface area contributed by atoms with Crippen LogP contribution in [0.3, 0.4) is 0 Å². The van der Waals surface area contributed by atoms with Gasteiger partial charge in [-0.15, -0.1) is 0 Å². The SMILES string of the molecule is Cc1ccccc1C(=O)NC1CCN(Cn2ncc3ccccc3c2=O)CC1. The van der Waals surface area contributed by atoms with Gasteiger partial charge in [-0.1, -0.05) is 36.4 Å². The molecule has 0 atom stereocenters. The number of benzene rings is 2. The molecule has 0 spiro atoms. The van der Waals surface area contributed by atoms with Crippen molar-refractivity contribution in [3.63, 3.8) is 0 Å². The van der Waals surface area contributed by atoms with E-state index in [1.807, 2.05) is 55.5 Å². The quantitative estimate of drug-likeness (QED) is 0.760. The second-order valence-corrected chi connectivity index (χ2v) is 7.36. The monoisotopic (exact) mass is 376 g/mol. The summed E-state index contributed by atoms with van der Waals surface area (Å²) in [6.07, 6.45) is 3.46. The number of likely N-dealkylation sites (tertiary alicyclic amines) is 1. The number of carbonyl (C=O) groups is 1. The fourth-order valence-corrected chi connectivity index (χ4v) is 3.73. The molecule has 0 radical (unpaired) electrons. The standard InChI is InChI=1S/C22H24N4O2/c1-16-6-2-4-8-19(16)21(27)24-18-10-12-25(13-11-18)15-26-22(28)20-9-5-3-7-17(20)14-23-26/h2-9,14,18H,10-13,15H2,1H3,(H,24,27). The van der Waals surface area contributed by atoms with Gasteiger partial charge >= 0.3 is 0 Å². The third kappa shape index (κ3) is 3.82. The van der Waals surface area contributed by atoms with Crippen molar-refractivity contribution in [2.45, 2.75) is 32.5 Å². The van der Waals surface area contributed by atoms with E-state index in [-0.39, 0.29) is 17.5 Å². The lowest BCUT2D eigenvalue weighted by Crippen LogP contribution is -2.46. The zero-order chi connectivity index (χ0) is 19.5. The molecule has 0 unspecified atom stereocenters. The van der Waals surface area contributed by atoms with Crippen molar-refractivity contribution >= 4 is 16.7 Å². The first kappa shape index (κ1) is 18.4. The van der Waals surface area contributed by atoms with Crippen molar-refractivity contribution < 1.29 is 4.79 Å². The molecule has 3 aromatic rings. The highest BCUT2D eigenvalue weighted by Gasteiger charge is 2.22. The van der Waals surface area contributed by atoms with Crippen molar-refractivity contribution in [3.05, 3.63) is 76.2 Å². The predicted octanol–water partition coefficient (Wildman–Crippen LogP) is 2.56. The number of rotatable bonds is 4. The Morgan fingerprint density at radius 2 is 1.82 bits per heavy atom. The van der Waals surface area contributed by atoms with E-state index in [1.54, 1.807) is 6.20 Å². The Bertz CT molecular complexity index is 1050. The first-order valence-corrected chi connectivity index (χ1v) is 9.65. The number of nitrogens with one attached hydrogen (secondary N) is 1. The Hall–Kier alpha value is -2.99. The van der Waals surface area contributed by atoms with Crippen molar-refractivity contribution in [1.82, 2.24) is 20.0 Å². The molecule has 144 valence electrons. The molecular formula is C22H24N4O2. The van der Waals surface area contributed by atoms with Gasteiger partial charge in [-0.3, -0.25) is 14.5 Å². The van der Waals surface area contributed by atoms with Crippen molar-refractivity contribution in [3.8, 4) is 0 Å². The first-order chi connectivity index (χ1) is 13.6. The van der Waals surface area contributed by atoms with Crippen LogP contribution in [0, 0.1) is 6.92 Å². The lowest BCUT2D eigenvalue weighted by atomic mass is 10.0. The van der Waals surface area contributed by atoms with Crippen LogP contribution in [0.4, 0.5) is 0 Å². The van der Waals surface area contributed by atoms with Gasteiger partial charge in [0.25, 0.3) is 11.5 Å². The van der Waals surface area contributed by atoms with E-state index in [0.717, 1.165) is 42.4 Å². The maximum atomic E-state index is 12.6. The van der Waals surface area contributed by atoms with Crippen LogP contribution in [-0.2, 0) is 6.67 Å². The van der Waals surface area contributed by atoms with Crippen LogP contribution in [0.15, 0.2) is 59.5 Å². The van der Waals surface area contributed by atoms with Crippen LogP contribution in [-0.4, -0.2) is 39.7 Å². The smallest absolute Gasteiger partial charge is 0.275 e. The van der Waals surface area contributed by atoms with Gasteiger partial charge in [-0.05, 0) is 37.5 Å². The van der Waals surface area contributed by atoms with Gasteiger partial charge in [0.15, 0.2) is 0 Å². The molecule has 0 aliphatic carbocycles. The van der Waals surface area contributed by atoms with Crippen LogP contribution < -0.4 is 10.9 Å². The average Bonchev–Trinajstić information content (AvgIpc) is 2.72. The highest BCUT2D eigenvalue weighted by atomic mass is 16.2. The number of hydrogen-bond acceptors (Lipinski definition) is 4. The third-order valence-electron chi connectivity index (χ3n) is 5.41.